The predicted octanol–water partition coefficient (Wildman–Crippen LogP) is 2.65. The normalized spacial score (nSPS) is 10.7. The maximum atomic E-state index is 12.3. The third-order valence-electron chi connectivity index (χ3n) is 3.70. The molecule has 1 N–H and O–H groups in total. The molecule has 0 saturated heterocycles. The number of hydrogen-bond donors (Lipinski definition) is 1. The molecule has 0 radical (unpaired) electrons. The monoisotopic (exact) mass is 295 g/mol. The van der Waals surface area contributed by atoms with E-state index in [0.717, 1.165) is 22.3 Å². The van der Waals surface area contributed by atoms with Crippen molar-refractivity contribution in [1.82, 2.24) is 9.78 Å². The molecule has 2 aromatic carbocycles. The molecule has 0 aliphatic carbocycles. The van der Waals surface area contributed by atoms with Gasteiger partial charge in [0, 0.05) is 30.7 Å². The lowest BCUT2D eigenvalue weighted by Crippen LogP contribution is -2.20. The number of aryl methyl sites for hydroxylation is 1. The third kappa shape index (κ3) is 2.30. The van der Waals surface area contributed by atoms with Gasteiger partial charge in [-0.05, 0) is 30.3 Å². The zero-order valence-corrected chi connectivity index (χ0v) is 12.8. The van der Waals surface area contributed by atoms with Gasteiger partial charge in [0.2, 0.25) is 0 Å². The van der Waals surface area contributed by atoms with Gasteiger partial charge in [-0.15, -0.1) is 0 Å². The van der Waals surface area contributed by atoms with Crippen LogP contribution < -0.4 is 15.6 Å². The molecule has 1 aromatic heterocycles. The second-order valence-electron chi connectivity index (χ2n) is 5.02. The molecule has 0 spiro atoms. The summed E-state index contributed by atoms with van der Waals surface area (Å²) in [6, 6.07) is 13.4. The van der Waals surface area contributed by atoms with E-state index in [1.807, 2.05) is 37.4 Å². The summed E-state index contributed by atoms with van der Waals surface area (Å²) in [5.41, 5.74) is 2.62. The van der Waals surface area contributed by atoms with Crippen molar-refractivity contribution in [3.63, 3.8) is 0 Å². The number of ether oxygens (including phenoxy) is 1. The minimum Gasteiger partial charge on any atom is -0.497 e. The van der Waals surface area contributed by atoms with Gasteiger partial charge in [0.1, 0.15) is 5.75 Å². The summed E-state index contributed by atoms with van der Waals surface area (Å²) in [5.74, 6) is 0.704. The van der Waals surface area contributed by atoms with Crippen molar-refractivity contribution in [2.75, 3.05) is 19.5 Å². The van der Waals surface area contributed by atoms with Gasteiger partial charge in [-0.3, -0.25) is 4.79 Å². The Morgan fingerprint density at radius 1 is 1.09 bits per heavy atom. The number of hydrogen-bond acceptors (Lipinski definition) is 4. The summed E-state index contributed by atoms with van der Waals surface area (Å²) < 4.78 is 6.64. The van der Waals surface area contributed by atoms with Crippen molar-refractivity contribution >= 4 is 16.5 Å². The van der Waals surface area contributed by atoms with Crippen LogP contribution in [0.2, 0.25) is 0 Å². The molecule has 0 saturated carbocycles. The van der Waals surface area contributed by atoms with E-state index in [2.05, 4.69) is 10.4 Å². The second-order valence-corrected chi connectivity index (χ2v) is 5.02. The quantitative estimate of drug-likeness (QED) is 0.807. The Morgan fingerprint density at radius 2 is 1.82 bits per heavy atom. The highest BCUT2D eigenvalue weighted by atomic mass is 16.5. The number of aromatic nitrogens is 2. The van der Waals surface area contributed by atoms with E-state index in [0.29, 0.717) is 11.1 Å². The Labute approximate surface area is 128 Å². The summed E-state index contributed by atoms with van der Waals surface area (Å²) in [5, 5.41) is 8.94. The molecule has 0 unspecified atom stereocenters. The Hall–Kier alpha value is -2.82. The van der Waals surface area contributed by atoms with Crippen molar-refractivity contribution in [2.24, 2.45) is 7.05 Å². The maximum absolute atomic E-state index is 12.3. The molecule has 0 aliphatic heterocycles. The van der Waals surface area contributed by atoms with Crippen molar-refractivity contribution in [2.45, 2.75) is 0 Å². The number of anilines is 1. The Bertz CT molecular complexity index is 883. The van der Waals surface area contributed by atoms with Gasteiger partial charge < -0.3 is 10.1 Å². The number of fused-ring (bicyclic) bond motifs is 1. The topological polar surface area (TPSA) is 56.2 Å². The molecule has 0 bridgehead atoms. The molecule has 22 heavy (non-hydrogen) atoms. The van der Waals surface area contributed by atoms with Crippen molar-refractivity contribution in [3.05, 3.63) is 52.8 Å². The van der Waals surface area contributed by atoms with Crippen LogP contribution in [0, 0.1) is 0 Å². The van der Waals surface area contributed by atoms with E-state index >= 15 is 0 Å². The first-order valence-corrected chi connectivity index (χ1v) is 6.97. The third-order valence-corrected chi connectivity index (χ3v) is 3.70. The lowest BCUT2D eigenvalue weighted by atomic mass is 10.0. The molecule has 1 heterocycles. The zero-order chi connectivity index (χ0) is 15.7. The maximum Gasteiger partial charge on any atom is 0.274 e. The van der Waals surface area contributed by atoms with Gasteiger partial charge >= 0.3 is 0 Å². The highest BCUT2D eigenvalue weighted by Gasteiger charge is 2.11. The zero-order valence-electron chi connectivity index (χ0n) is 12.8. The van der Waals surface area contributed by atoms with E-state index in [9.17, 15) is 4.79 Å². The second kappa shape index (κ2) is 5.52. The average molecular weight is 295 g/mol. The van der Waals surface area contributed by atoms with Crippen LogP contribution in [0.5, 0.6) is 5.75 Å². The van der Waals surface area contributed by atoms with Gasteiger partial charge in [0.15, 0.2) is 0 Å². The number of rotatable bonds is 3. The molecular weight excluding hydrogens is 278 g/mol. The van der Waals surface area contributed by atoms with Gasteiger partial charge in [0.05, 0.1) is 18.2 Å². The molecule has 0 atom stereocenters. The minimum atomic E-state index is -0.117. The van der Waals surface area contributed by atoms with E-state index in [1.54, 1.807) is 26.3 Å². The Kier molecular flexibility index (Phi) is 3.55. The fraction of sp³-hybridized carbons (Fsp3) is 0.176. The first-order valence-electron chi connectivity index (χ1n) is 6.97. The van der Waals surface area contributed by atoms with Crippen LogP contribution in [-0.2, 0) is 7.05 Å². The van der Waals surface area contributed by atoms with E-state index in [1.165, 1.54) is 4.68 Å². The van der Waals surface area contributed by atoms with Gasteiger partial charge in [-0.25, -0.2) is 4.68 Å². The standard InChI is InChI=1S/C17H17N3O2/c1-18-12-6-4-11(5-7-12)16-15-10-13(22-3)8-9-14(15)17(21)20(2)19-16/h4-10,18H,1-3H3. The molecule has 5 nitrogen and oxygen atoms in total. The average Bonchev–Trinajstić information content (AvgIpc) is 2.57. The number of nitrogens with one attached hydrogen (secondary N) is 1. The number of benzene rings is 2. The van der Waals surface area contributed by atoms with E-state index < -0.39 is 0 Å². The number of methoxy groups -OCH3 is 1. The molecule has 5 heteroatoms. The predicted molar refractivity (Wildman–Crippen MR) is 88.5 cm³/mol. The van der Waals surface area contributed by atoms with Crippen LogP contribution in [0.4, 0.5) is 5.69 Å². The summed E-state index contributed by atoms with van der Waals surface area (Å²) >= 11 is 0. The smallest absolute Gasteiger partial charge is 0.274 e. The Morgan fingerprint density at radius 3 is 2.45 bits per heavy atom. The van der Waals surface area contributed by atoms with Crippen LogP contribution in [0.25, 0.3) is 22.0 Å². The summed E-state index contributed by atoms with van der Waals surface area (Å²) in [6.45, 7) is 0. The molecule has 3 rings (SSSR count). The molecular formula is C17H17N3O2. The highest BCUT2D eigenvalue weighted by Crippen LogP contribution is 2.28. The molecule has 0 amide bonds. The van der Waals surface area contributed by atoms with Gasteiger partial charge in [-0.2, -0.15) is 5.10 Å². The SMILES string of the molecule is CNc1ccc(-c2nn(C)c(=O)c3ccc(OC)cc23)cc1. The lowest BCUT2D eigenvalue weighted by molar-refractivity contribution is 0.415. The van der Waals surface area contributed by atoms with Crippen molar-refractivity contribution < 1.29 is 4.74 Å². The summed E-state index contributed by atoms with van der Waals surface area (Å²) in [6.07, 6.45) is 0. The van der Waals surface area contributed by atoms with Crippen LogP contribution in [0.3, 0.4) is 0 Å². The largest absolute Gasteiger partial charge is 0.497 e. The van der Waals surface area contributed by atoms with Gasteiger partial charge in [0.25, 0.3) is 5.56 Å². The van der Waals surface area contributed by atoms with E-state index in [-0.39, 0.29) is 5.56 Å². The highest BCUT2D eigenvalue weighted by molar-refractivity contribution is 5.94. The molecule has 3 aromatic rings. The van der Waals surface area contributed by atoms with Gasteiger partial charge in [-0.1, -0.05) is 12.1 Å². The van der Waals surface area contributed by atoms with Crippen LogP contribution in [0.15, 0.2) is 47.3 Å². The first-order chi connectivity index (χ1) is 10.6. The molecule has 0 aliphatic rings. The van der Waals surface area contributed by atoms with Crippen LogP contribution >= 0.6 is 0 Å². The fourth-order valence-corrected chi connectivity index (χ4v) is 2.46. The van der Waals surface area contributed by atoms with Crippen LogP contribution in [0.1, 0.15) is 0 Å². The van der Waals surface area contributed by atoms with E-state index in [4.69, 9.17) is 4.74 Å². The molecule has 112 valence electrons. The Balaban J connectivity index is 2.31. The first kappa shape index (κ1) is 14.1. The lowest BCUT2D eigenvalue weighted by Gasteiger charge is -2.10. The molecule has 0 fully saturated rings. The van der Waals surface area contributed by atoms with Crippen molar-refractivity contribution in [3.8, 4) is 17.0 Å². The van der Waals surface area contributed by atoms with Crippen LogP contribution in [-0.4, -0.2) is 23.9 Å². The van der Waals surface area contributed by atoms with Crippen molar-refractivity contribution in [1.29, 1.82) is 0 Å². The minimum absolute atomic E-state index is 0.117. The fourth-order valence-electron chi connectivity index (χ4n) is 2.46. The number of nitrogens with zero attached hydrogens (tertiary/aromatic N) is 2. The summed E-state index contributed by atoms with van der Waals surface area (Å²) in [7, 11) is 5.15. The summed E-state index contributed by atoms with van der Waals surface area (Å²) in [4.78, 5) is 12.3.